The lowest BCUT2D eigenvalue weighted by Gasteiger charge is -2.04. The first-order valence-corrected chi connectivity index (χ1v) is 8.51. The molecule has 0 aliphatic heterocycles. The van der Waals surface area contributed by atoms with Gasteiger partial charge >= 0.3 is 0 Å². The summed E-state index contributed by atoms with van der Waals surface area (Å²) in [6.07, 6.45) is 0. The fourth-order valence-electron chi connectivity index (χ4n) is 1.50. The zero-order chi connectivity index (χ0) is 16.3. The number of rotatable bonds is 5. The third-order valence-electron chi connectivity index (χ3n) is 2.46. The maximum Gasteiger partial charge on any atom is 0.283 e. The van der Waals surface area contributed by atoms with Gasteiger partial charge in [0.1, 0.15) is 0 Å². The van der Waals surface area contributed by atoms with Crippen LogP contribution in [0.2, 0.25) is 10.0 Å². The summed E-state index contributed by atoms with van der Waals surface area (Å²) in [7, 11) is 2.02. The van der Waals surface area contributed by atoms with Crippen LogP contribution in [0.5, 0.6) is 0 Å². The molecule has 0 N–H and O–H groups in total. The van der Waals surface area contributed by atoms with Crippen molar-refractivity contribution in [2.45, 2.75) is 9.79 Å². The normalized spacial score (nSPS) is 10.5. The van der Waals surface area contributed by atoms with Crippen LogP contribution in [-0.4, -0.2) is 9.85 Å². The van der Waals surface area contributed by atoms with Gasteiger partial charge in [0.15, 0.2) is 0 Å². The molecular weight excluding hydrogens is 371 g/mol. The topological polar surface area (TPSA) is 86.3 Å². The minimum Gasteiger partial charge on any atom is -0.258 e. The van der Waals surface area contributed by atoms with Gasteiger partial charge in [0.05, 0.1) is 19.6 Å². The van der Waals surface area contributed by atoms with Crippen LogP contribution in [0.1, 0.15) is 0 Å². The molecule has 0 spiro atoms. The highest BCUT2D eigenvalue weighted by molar-refractivity contribution is 8.76. The lowest BCUT2D eigenvalue weighted by Crippen LogP contribution is -1.91. The standard InChI is InChI=1S/C12H6Cl2N2O4S2/c13-7-1-3-9(15(17)18)11(5-7)21-22-12-6-8(14)2-4-10(12)16(19)20/h1-6H. The second kappa shape index (κ2) is 7.19. The van der Waals surface area contributed by atoms with E-state index in [4.69, 9.17) is 23.2 Å². The molecule has 0 amide bonds. The van der Waals surface area contributed by atoms with E-state index in [0.717, 1.165) is 21.6 Å². The van der Waals surface area contributed by atoms with Crippen LogP contribution in [0.4, 0.5) is 11.4 Å². The molecule has 0 saturated carbocycles. The number of nitro benzene ring substituents is 2. The second-order valence-corrected chi connectivity index (χ2v) is 6.99. The Bertz CT molecular complexity index is 694. The fourth-order valence-corrected chi connectivity index (χ4v) is 4.30. The molecule has 2 aromatic carbocycles. The molecule has 0 unspecified atom stereocenters. The molecule has 2 rings (SSSR count). The van der Waals surface area contributed by atoms with Gasteiger partial charge in [-0.3, -0.25) is 20.2 Å². The molecule has 2 aromatic rings. The first-order chi connectivity index (χ1) is 10.4. The molecule has 0 atom stereocenters. The molecule has 114 valence electrons. The van der Waals surface area contributed by atoms with Gasteiger partial charge in [-0.2, -0.15) is 0 Å². The van der Waals surface area contributed by atoms with Gasteiger partial charge in [0, 0.05) is 22.2 Å². The van der Waals surface area contributed by atoms with Crippen molar-refractivity contribution in [3.63, 3.8) is 0 Å². The third kappa shape index (κ3) is 4.04. The van der Waals surface area contributed by atoms with E-state index in [-0.39, 0.29) is 11.4 Å². The van der Waals surface area contributed by atoms with Crippen molar-refractivity contribution >= 4 is 56.2 Å². The summed E-state index contributed by atoms with van der Waals surface area (Å²) in [6, 6.07) is 8.28. The maximum absolute atomic E-state index is 11.0. The summed E-state index contributed by atoms with van der Waals surface area (Å²) in [5.74, 6) is 0. The number of benzene rings is 2. The molecule has 0 aliphatic carbocycles. The number of hydrogen-bond donors (Lipinski definition) is 0. The Kier molecular flexibility index (Phi) is 5.52. The highest BCUT2D eigenvalue weighted by Gasteiger charge is 2.19. The van der Waals surface area contributed by atoms with Crippen molar-refractivity contribution in [1.82, 2.24) is 0 Å². The summed E-state index contributed by atoms with van der Waals surface area (Å²) in [5.41, 5.74) is -0.238. The Balaban J connectivity index is 2.31. The average Bonchev–Trinajstić information content (AvgIpc) is 2.44. The Morgan fingerprint density at radius 3 is 1.45 bits per heavy atom. The van der Waals surface area contributed by atoms with Crippen molar-refractivity contribution in [3.05, 3.63) is 66.7 Å². The zero-order valence-corrected chi connectivity index (χ0v) is 13.7. The van der Waals surface area contributed by atoms with Crippen molar-refractivity contribution < 1.29 is 9.85 Å². The molecule has 0 saturated heterocycles. The van der Waals surface area contributed by atoms with Crippen molar-refractivity contribution in [1.29, 1.82) is 0 Å². The summed E-state index contributed by atoms with van der Waals surface area (Å²) in [5, 5.41) is 22.7. The van der Waals surface area contributed by atoms with E-state index >= 15 is 0 Å². The Morgan fingerprint density at radius 1 is 0.773 bits per heavy atom. The van der Waals surface area contributed by atoms with Crippen molar-refractivity contribution in [2.24, 2.45) is 0 Å². The smallest absolute Gasteiger partial charge is 0.258 e. The number of nitro groups is 2. The molecule has 6 nitrogen and oxygen atoms in total. The molecule has 0 radical (unpaired) electrons. The quantitative estimate of drug-likeness (QED) is 0.382. The highest BCUT2D eigenvalue weighted by Crippen LogP contribution is 2.45. The van der Waals surface area contributed by atoms with Crippen LogP contribution in [0.3, 0.4) is 0 Å². The number of nitrogens with zero attached hydrogens (tertiary/aromatic N) is 2. The first kappa shape index (κ1) is 16.9. The summed E-state index contributed by atoms with van der Waals surface area (Å²) in [6.45, 7) is 0. The summed E-state index contributed by atoms with van der Waals surface area (Å²) < 4.78 is 0. The van der Waals surface area contributed by atoms with E-state index in [1.54, 1.807) is 0 Å². The van der Waals surface area contributed by atoms with Gasteiger partial charge in [0.2, 0.25) is 0 Å². The zero-order valence-electron chi connectivity index (χ0n) is 10.6. The molecule has 22 heavy (non-hydrogen) atoms. The summed E-state index contributed by atoms with van der Waals surface area (Å²) in [4.78, 5) is 21.5. The van der Waals surface area contributed by atoms with Gasteiger partial charge in [-0.05, 0) is 45.9 Å². The lowest BCUT2D eigenvalue weighted by molar-refractivity contribution is -0.388. The lowest BCUT2D eigenvalue weighted by atomic mass is 10.3. The molecule has 10 heteroatoms. The van der Waals surface area contributed by atoms with Crippen LogP contribution in [-0.2, 0) is 0 Å². The Hall–Kier alpha value is -1.48. The predicted octanol–water partition coefficient (Wildman–Crippen LogP) is 5.61. The molecule has 0 heterocycles. The van der Waals surface area contributed by atoms with Gasteiger partial charge in [-0.1, -0.05) is 23.2 Å². The van der Waals surface area contributed by atoms with Crippen LogP contribution in [0.15, 0.2) is 46.2 Å². The first-order valence-electron chi connectivity index (χ1n) is 5.61. The second-order valence-electron chi connectivity index (χ2n) is 3.90. The van der Waals surface area contributed by atoms with Gasteiger partial charge in [-0.15, -0.1) is 0 Å². The minimum absolute atomic E-state index is 0.119. The van der Waals surface area contributed by atoms with Gasteiger partial charge in [0.25, 0.3) is 11.4 Å². The predicted molar refractivity (Wildman–Crippen MR) is 87.9 cm³/mol. The monoisotopic (exact) mass is 376 g/mol. The summed E-state index contributed by atoms with van der Waals surface area (Å²) >= 11 is 11.7. The van der Waals surface area contributed by atoms with Crippen LogP contribution in [0.25, 0.3) is 0 Å². The van der Waals surface area contributed by atoms with Crippen molar-refractivity contribution in [3.8, 4) is 0 Å². The number of halogens is 2. The molecule has 0 bridgehead atoms. The largest absolute Gasteiger partial charge is 0.283 e. The maximum atomic E-state index is 11.0. The molecule has 0 aromatic heterocycles. The molecular formula is C12H6Cl2N2O4S2. The van der Waals surface area contributed by atoms with E-state index in [2.05, 4.69) is 0 Å². The average molecular weight is 377 g/mol. The fraction of sp³-hybridized carbons (Fsp3) is 0. The highest BCUT2D eigenvalue weighted by atomic mass is 35.5. The van der Waals surface area contributed by atoms with E-state index < -0.39 is 9.85 Å². The Labute approximate surface area is 142 Å². The Morgan fingerprint density at radius 2 is 1.14 bits per heavy atom. The van der Waals surface area contributed by atoms with Crippen LogP contribution >= 0.6 is 44.8 Å². The van der Waals surface area contributed by atoms with Gasteiger partial charge in [-0.25, -0.2) is 0 Å². The van der Waals surface area contributed by atoms with E-state index in [9.17, 15) is 20.2 Å². The third-order valence-corrected chi connectivity index (χ3v) is 5.35. The van der Waals surface area contributed by atoms with E-state index in [1.165, 1.54) is 36.4 Å². The van der Waals surface area contributed by atoms with Gasteiger partial charge < -0.3 is 0 Å². The minimum atomic E-state index is -0.536. The molecule has 0 fully saturated rings. The SMILES string of the molecule is O=[N+]([O-])c1ccc(Cl)cc1SSc1cc(Cl)ccc1[N+](=O)[O-]. The van der Waals surface area contributed by atoms with E-state index in [1.807, 2.05) is 0 Å². The van der Waals surface area contributed by atoms with Crippen LogP contribution < -0.4 is 0 Å². The van der Waals surface area contributed by atoms with Crippen molar-refractivity contribution in [2.75, 3.05) is 0 Å². The van der Waals surface area contributed by atoms with E-state index in [0.29, 0.717) is 19.8 Å². The molecule has 0 aliphatic rings. The number of hydrogen-bond acceptors (Lipinski definition) is 6. The van der Waals surface area contributed by atoms with Crippen LogP contribution in [0, 0.1) is 20.2 Å².